The van der Waals surface area contributed by atoms with Crippen molar-refractivity contribution in [2.24, 2.45) is 0 Å². The van der Waals surface area contributed by atoms with Gasteiger partial charge in [0.05, 0.1) is 13.2 Å². The number of hydrogen-bond acceptors (Lipinski definition) is 4. The Morgan fingerprint density at radius 3 is 2.59 bits per heavy atom. The minimum absolute atomic E-state index is 0.0429. The molecule has 0 aromatic heterocycles. The van der Waals surface area contributed by atoms with Crippen molar-refractivity contribution in [2.75, 3.05) is 20.2 Å². The van der Waals surface area contributed by atoms with Gasteiger partial charge >= 0.3 is 0 Å². The zero-order valence-electron chi connectivity index (χ0n) is 14.0. The number of methoxy groups -OCH3 is 1. The summed E-state index contributed by atoms with van der Waals surface area (Å²) in [6, 6.07) is 3.49. The smallest absolute Gasteiger partial charge is 0.254 e. The van der Waals surface area contributed by atoms with E-state index in [1.807, 2.05) is 27.7 Å². The topological polar surface area (TPSA) is 59.0 Å². The zero-order valence-corrected chi connectivity index (χ0v) is 14.0. The number of ether oxygens (including phenoxy) is 2. The van der Waals surface area contributed by atoms with Crippen LogP contribution in [0.4, 0.5) is 0 Å². The SMILES string of the molecule is CCN(CC)C(=O)c1cc(OC)c2c(c1)OC(C)(C)C(O)C2. The van der Waals surface area contributed by atoms with Gasteiger partial charge in [-0.1, -0.05) is 0 Å². The molecule has 1 heterocycles. The highest BCUT2D eigenvalue weighted by molar-refractivity contribution is 5.95. The predicted molar refractivity (Wildman–Crippen MR) is 84.7 cm³/mol. The fourth-order valence-corrected chi connectivity index (χ4v) is 2.70. The highest BCUT2D eigenvalue weighted by Gasteiger charge is 2.37. The van der Waals surface area contributed by atoms with Crippen LogP contribution in [-0.2, 0) is 6.42 Å². The molecular weight excluding hydrogens is 282 g/mol. The standard InChI is InChI=1S/C17H25NO4/c1-6-18(7-2)16(20)11-8-13(21-5)12-10-15(19)17(3,4)22-14(12)9-11/h8-9,15,19H,6-7,10H2,1-5H3. The van der Waals surface area contributed by atoms with Gasteiger partial charge in [0.2, 0.25) is 0 Å². The zero-order chi connectivity index (χ0) is 16.5. The number of benzene rings is 1. The summed E-state index contributed by atoms with van der Waals surface area (Å²) >= 11 is 0. The van der Waals surface area contributed by atoms with Crippen LogP contribution >= 0.6 is 0 Å². The first-order valence-corrected chi connectivity index (χ1v) is 7.71. The van der Waals surface area contributed by atoms with Gasteiger partial charge in [-0.05, 0) is 39.8 Å². The van der Waals surface area contributed by atoms with E-state index in [0.29, 0.717) is 36.6 Å². The Morgan fingerprint density at radius 1 is 1.41 bits per heavy atom. The molecule has 0 aliphatic carbocycles. The minimum atomic E-state index is -0.686. The number of rotatable bonds is 4. The third kappa shape index (κ3) is 2.90. The van der Waals surface area contributed by atoms with Crippen LogP contribution in [0.15, 0.2) is 12.1 Å². The molecule has 0 saturated heterocycles. The molecule has 0 bridgehead atoms. The summed E-state index contributed by atoms with van der Waals surface area (Å²) in [6.07, 6.45) is -0.163. The molecule has 22 heavy (non-hydrogen) atoms. The van der Waals surface area contributed by atoms with Crippen molar-refractivity contribution in [1.29, 1.82) is 0 Å². The molecule has 5 nitrogen and oxygen atoms in total. The van der Waals surface area contributed by atoms with Crippen molar-refractivity contribution >= 4 is 5.91 Å². The molecule has 122 valence electrons. The molecule has 5 heteroatoms. The lowest BCUT2D eigenvalue weighted by atomic mass is 9.90. The first-order valence-electron chi connectivity index (χ1n) is 7.71. The van der Waals surface area contributed by atoms with Crippen LogP contribution in [0.3, 0.4) is 0 Å². The number of fused-ring (bicyclic) bond motifs is 1. The van der Waals surface area contributed by atoms with Crippen LogP contribution in [0, 0.1) is 0 Å². The van der Waals surface area contributed by atoms with Gasteiger partial charge in [0, 0.05) is 30.6 Å². The third-order valence-corrected chi connectivity index (χ3v) is 4.26. The van der Waals surface area contributed by atoms with Gasteiger partial charge in [-0.2, -0.15) is 0 Å². The highest BCUT2D eigenvalue weighted by atomic mass is 16.5. The van der Waals surface area contributed by atoms with E-state index < -0.39 is 11.7 Å². The second kappa shape index (κ2) is 6.16. The molecule has 1 atom stereocenters. The molecule has 0 spiro atoms. The van der Waals surface area contributed by atoms with Gasteiger partial charge < -0.3 is 19.5 Å². The second-order valence-corrected chi connectivity index (χ2v) is 6.06. The Balaban J connectivity index is 2.47. The molecule has 0 radical (unpaired) electrons. The summed E-state index contributed by atoms with van der Waals surface area (Å²) in [5.41, 5.74) is 0.673. The second-order valence-electron chi connectivity index (χ2n) is 6.06. The number of amides is 1. The summed E-state index contributed by atoms with van der Waals surface area (Å²) in [5, 5.41) is 10.2. The number of nitrogens with zero attached hydrogens (tertiary/aromatic N) is 1. The Hall–Kier alpha value is -1.75. The number of aliphatic hydroxyl groups excluding tert-OH is 1. The average molecular weight is 307 g/mol. The van der Waals surface area contributed by atoms with E-state index in [1.54, 1.807) is 24.1 Å². The number of carbonyl (C=O) groups is 1. The Morgan fingerprint density at radius 2 is 2.05 bits per heavy atom. The highest BCUT2D eigenvalue weighted by Crippen LogP contribution is 2.39. The quantitative estimate of drug-likeness (QED) is 0.927. The molecule has 1 unspecified atom stereocenters. The van der Waals surface area contributed by atoms with Crippen molar-refractivity contribution in [2.45, 2.75) is 45.8 Å². The fourth-order valence-electron chi connectivity index (χ4n) is 2.70. The van der Waals surface area contributed by atoms with Crippen molar-refractivity contribution < 1.29 is 19.4 Å². The van der Waals surface area contributed by atoms with E-state index in [0.717, 1.165) is 5.56 Å². The monoisotopic (exact) mass is 307 g/mol. The summed E-state index contributed by atoms with van der Waals surface area (Å²) in [4.78, 5) is 14.3. The summed E-state index contributed by atoms with van der Waals surface area (Å²) in [6.45, 7) is 8.89. The van der Waals surface area contributed by atoms with Gasteiger partial charge in [-0.3, -0.25) is 4.79 Å². The van der Waals surface area contributed by atoms with Gasteiger partial charge in [0.25, 0.3) is 5.91 Å². The summed E-state index contributed by atoms with van der Waals surface area (Å²) in [5.74, 6) is 1.16. The van der Waals surface area contributed by atoms with Crippen LogP contribution in [0.1, 0.15) is 43.6 Å². The normalized spacial score (nSPS) is 19.1. The molecule has 1 aliphatic rings. The van der Waals surface area contributed by atoms with Gasteiger partial charge in [0.15, 0.2) is 0 Å². The van der Waals surface area contributed by atoms with Crippen LogP contribution in [-0.4, -0.2) is 47.8 Å². The van der Waals surface area contributed by atoms with E-state index in [1.165, 1.54) is 0 Å². The molecular formula is C17H25NO4. The van der Waals surface area contributed by atoms with Crippen molar-refractivity contribution in [3.63, 3.8) is 0 Å². The molecule has 0 fully saturated rings. The summed E-state index contributed by atoms with van der Waals surface area (Å²) < 4.78 is 11.3. The molecule has 1 aromatic carbocycles. The summed E-state index contributed by atoms with van der Waals surface area (Å²) in [7, 11) is 1.56. The molecule has 1 amide bonds. The Kier molecular flexibility index (Phi) is 4.66. The maximum absolute atomic E-state index is 12.6. The van der Waals surface area contributed by atoms with Crippen molar-refractivity contribution in [3.8, 4) is 11.5 Å². The van der Waals surface area contributed by atoms with Crippen molar-refractivity contribution in [3.05, 3.63) is 23.3 Å². The van der Waals surface area contributed by atoms with E-state index in [2.05, 4.69) is 0 Å². The number of carbonyl (C=O) groups excluding carboxylic acids is 1. The molecule has 1 N–H and O–H groups in total. The third-order valence-electron chi connectivity index (χ3n) is 4.26. The van der Waals surface area contributed by atoms with Crippen LogP contribution in [0.25, 0.3) is 0 Å². The maximum Gasteiger partial charge on any atom is 0.254 e. The van der Waals surface area contributed by atoms with Crippen LogP contribution in [0.5, 0.6) is 11.5 Å². The number of aliphatic hydroxyl groups is 1. The lowest BCUT2D eigenvalue weighted by Gasteiger charge is -2.37. The largest absolute Gasteiger partial charge is 0.496 e. The Bertz CT molecular complexity index is 564. The molecule has 1 aliphatic heterocycles. The first kappa shape index (κ1) is 16.6. The van der Waals surface area contributed by atoms with E-state index in [9.17, 15) is 9.90 Å². The molecule has 1 aromatic rings. The van der Waals surface area contributed by atoms with Crippen LogP contribution < -0.4 is 9.47 Å². The minimum Gasteiger partial charge on any atom is -0.496 e. The van der Waals surface area contributed by atoms with Gasteiger partial charge in [-0.15, -0.1) is 0 Å². The van der Waals surface area contributed by atoms with Gasteiger partial charge in [0.1, 0.15) is 17.1 Å². The Labute approximate surface area is 131 Å². The fraction of sp³-hybridized carbons (Fsp3) is 0.588. The van der Waals surface area contributed by atoms with Crippen LogP contribution in [0.2, 0.25) is 0 Å². The van der Waals surface area contributed by atoms with E-state index >= 15 is 0 Å². The molecule has 2 rings (SSSR count). The number of hydrogen-bond donors (Lipinski definition) is 1. The lowest BCUT2D eigenvalue weighted by molar-refractivity contribution is -0.0417. The predicted octanol–water partition coefficient (Wildman–Crippen LogP) is 2.25. The first-order chi connectivity index (χ1) is 10.3. The van der Waals surface area contributed by atoms with Crippen molar-refractivity contribution in [1.82, 2.24) is 4.90 Å². The van der Waals surface area contributed by atoms with E-state index in [-0.39, 0.29) is 5.91 Å². The lowest BCUT2D eigenvalue weighted by Crippen LogP contribution is -2.46. The average Bonchev–Trinajstić information content (AvgIpc) is 2.48. The van der Waals surface area contributed by atoms with Gasteiger partial charge in [-0.25, -0.2) is 0 Å². The maximum atomic E-state index is 12.6. The molecule has 0 saturated carbocycles. The van der Waals surface area contributed by atoms with E-state index in [4.69, 9.17) is 9.47 Å².